The van der Waals surface area contributed by atoms with E-state index in [1.807, 2.05) is 0 Å². The van der Waals surface area contributed by atoms with Crippen LogP contribution in [0.25, 0.3) is 0 Å². The molecule has 1 heterocycles. The van der Waals surface area contributed by atoms with Gasteiger partial charge in [-0.3, -0.25) is 15.1 Å². The maximum absolute atomic E-state index is 13.5. The van der Waals surface area contributed by atoms with Crippen LogP contribution in [-0.2, 0) is 0 Å². The number of nitrogens with two attached hydrogens (primary N) is 1. The highest BCUT2D eigenvalue weighted by Gasteiger charge is 2.14. The van der Waals surface area contributed by atoms with Crippen LogP contribution in [0.4, 0.5) is 10.1 Å². The highest BCUT2D eigenvalue weighted by atomic mass is 19.1. The van der Waals surface area contributed by atoms with Crippen LogP contribution >= 0.6 is 0 Å². The van der Waals surface area contributed by atoms with Gasteiger partial charge in [-0.15, -0.1) is 0 Å². The van der Waals surface area contributed by atoms with Crippen LogP contribution in [0.1, 0.15) is 5.69 Å². The third-order valence-corrected chi connectivity index (χ3v) is 2.45. The molecule has 0 amide bonds. The van der Waals surface area contributed by atoms with E-state index < -0.39 is 16.4 Å². The summed E-state index contributed by atoms with van der Waals surface area (Å²) < 4.78 is 18.8. The van der Waals surface area contributed by atoms with Gasteiger partial charge in [0.25, 0.3) is 0 Å². The van der Waals surface area contributed by atoms with Crippen molar-refractivity contribution in [2.75, 3.05) is 0 Å². The fraction of sp³-hybridized carbons (Fsp3) is 0. The van der Waals surface area contributed by atoms with Crippen LogP contribution in [-0.4, -0.2) is 21.0 Å². The van der Waals surface area contributed by atoms with Crippen LogP contribution in [0, 0.1) is 15.9 Å². The first kappa shape index (κ1) is 14.2. The van der Waals surface area contributed by atoms with Crippen molar-refractivity contribution < 1.29 is 19.3 Å². The first-order valence-corrected chi connectivity index (χ1v) is 5.57. The molecule has 1 aromatic heterocycles. The van der Waals surface area contributed by atoms with E-state index in [2.05, 4.69) is 10.1 Å². The standard InChI is InChI=1S/C12H9FN4O4/c13-9-5-7(1-2-11(9)17(19)20)21-8-3-4-15-10(6-8)12(14)16-18/h1-6,18H,(H2,14,16). The minimum absolute atomic E-state index is 0.0646. The Morgan fingerprint density at radius 2 is 2.10 bits per heavy atom. The van der Waals surface area contributed by atoms with Crippen molar-refractivity contribution in [2.24, 2.45) is 10.9 Å². The van der Waals surface area contributed by atoms with E-state index in [9.17, 15) is 14.5 Å². The maximum atomic E-state index is 13.5. The van der Waals surface area contributed by atoms with Crippen molar-refractivity contribution >= 4 is 11.5 Å². The van der Waals surface area contributed by atoms with Gasteiger partial charge in [-0.05, 0) is 12.1 Å². The van der Waals surface area contributed by atoms with Gasteiger partial charge >= 0.3 is 5.69 Å². The molecule has 0 saturated carbocycles. The maximum Gasteiger partial charge on any atom is 0.305 e. The Kier molecular flexibility index (Phi) is 3.93. The largest absolute Gasteiger partial charge is 0.457 e. The molecule has 2 rings (SSSR count). The molecule has 0 aliphatic heterocycles. The lowest BCUT2D eigenvalue weighted by Gasteiger charge is -2.06. The van der Waals surface area contributed by atoms with Crippen molar-refractivity contribution in [1.29, 1.82) is 0 Å². The molecule has 0 fully saturated rings. The highest BCUT2D eigenvalue weighted by Crippen LogP contribution is 2.26. The van der Waals surface area contributed by atoms with E-state index >= 15 is 0 Å². The number of oxime groups is 1. The van der Waals surface area contributed by atoms with Crippen LogP contribution in [0.2, 0.25) is 0 Å². The minimum Gasteiger partial charge on any atom is -0.457 e. The zero-order chi connectivity index (χ0) is 15.4. The molecule has 21 heavy (non-hydrogen) atoms. The van der Waals surface area contributed by atoms with Gasteiger partial charge in [-0.25, -0.2) is 0 Å². The Balaban J connectivity index is 2.26. The molecule has 1 aromatic carbocycles. The van der Waals surface area contributed by atoms with Gasteiger partial charge in [-0.1, -0.05) is 5.16 Å². The first-order chi connectivity index (χ1) is 10.0. The summed E-state index contributed by atoms with van der Waals surface area (Å²) >= 11 is 0. The van der Waals surface area contributed by atoms with Gasteiger partial charge in [0.15, 0.2) is 5.84 Å². The third-order valence-electron chi connectivity index (χ3n) is 2.45. The number of hydrogen-bond donors (Lipinski definition) is 2. The van der Waals surface area contributed by atoms with Crippen LogP contribution in [0.15, 0.2) is 41.7 Å². The topological polar surface area (TPSA) is 124 Å². The van der Waals surface area contributed by atoms with Crippen LogP contribution < -0.4 is 10.5 Å². The Labute approximate surface area is 117 Å². The summed E-state index contributed by atoms with van der Waals surface area (Å²) in [5, 5.41) is 21.9. The molecule has 108 valence electrons. The van der Waals surface area contributed by atoms with Crippen molar-refractivity contribution in [3.63, 3.8) is 0 Å². The Bertz CT molecular complexity index is 720. The third kappa shape index (κ3) is 3.21. The quantitative estimate of drug-likeness (QED) is 0.292. The Hall–Kier alpha value is -3.23. The van der Waals surface area contributed by atoms with Gasteiger partial charge in [0.2, 0.25) is 5.82 Å². The summed E-state index contributed by atoms with van der Waals surface area (Å²) in [6.45, 7) is 0. The minimum atomic E-state index is -1.01. The molecule has 3 N–H and O–H groups in total. The predicted octanol–water partition coefficient (Wildman–Crippen LogP) is 2.02. The molecule has 0 unspecified atom stereocenters. The van der Waals surface area contributed by atoms with Gasteiger partial charge in [0, 0.05) is 24.4 Å². The van der Waals surface area contributed by atoms with Gasteiger partial charge in [0.1, 0.15) is 17.2 Å². The number of amidine groups is 1. The van der Waals surface area contributed by atoms with Crippen molar-refractivity contribution in [1.82, 2.24) is 4.98 Å². The molecule has 0 atom stereocenters. The van der Waals surface area contributed by atoms with E-state index in [0.29, 0.717) is 0 Å². The lowest BCUT2D eigenvalue weighted by molar-refractivity contribution is -0.387. The second-order valence-electron chi connectivity index (χ2n) is 3.83. The summed E-state index contributed by atoms with van der Waals surface area (Å²) in [7, 11) is 0. The molecule has 2 aromatic rings. The van der Waals surface area contributed by atoms with Crippen molar-refractivity contribution in [3.8, 4) is 11.5 Å². The number of hydrogen-bond acceptors (Lipinski definition) is 6. The fourth-order valence-corrected chi connectivity index (χ4v) is 1.50. The highest BCUT2D eigenvalue weighted by molar-refractivity contribution is 5.95. The molecule has 9 heteroatoms. The zero-order valence-corrected chi connectivity index (χ0v) is 10.4. The molecule has 0 aliphatic carbocycles. The molecule has 8 nitrogen and oxygen atoms in total. The summed E-state index contributed by atoms with van der Waals surface area (Å²) in [6.07, 6.45) is 1.35. The second-order valence-corrected chi connectivity index (χ2v) is 3.83. The molecule has 0 radical (unpaired) electrons. The summed E-state index contributed by atoms with van der Waals surface area (Å²) in [5.74, 6) is -0.909. The van der Waals surface area contributed by atoms with Gasteiger partial charge in [-0.2, -0.15) is 4.39 Å². The predicted molar refractivity (Wildman–Crippen MR) is 69.9 cm³/mol. The number of rotatable bonds is 4. The molecule has 0 saturated heterocycles. The van der Waals surface area contributed by atoms with E-state index in [1.165, 1.54) is 24.4 Å². The monoisotopic (exact) mass is 292 g/mol. The number of nitrogens with zero attached hydrogens (tertiary/aromatic N) is 3. The summed E-state index contributed by atoms with van der Waals surface area (Å²) in [4.78, 5) is 13.5. The average molecular weight is 292 g/mol. The van der Waals surface area contributed by atoms with Crippen molar-refractivity contribution in [2.45, 2.75) is 0 Å². The SMILES string of the molecule is NC(=NO)c1cc(Oc2ccc([N+](=O)[O-])c(F)c2)ccn1. The number of halogens is 1. The Morgan fingerprint density at radius 3 is 2.71 bits per heavy atom. The number of benzene rings is 1. The molecular formula is C12H9FN4O4. The molecular weight excluding hydrogens is 283 g/mol. The fourth-order valence-electron chi connectivity index (χ4n) is 1.50. The summed E-state index contributed by atoms with van der Waals surface area (Å²) in [5.41, 5.74) is 4.90. The van der Waals surface area contributed by atoms with Crippen molar-refractivity contribution in [3.05, 3.63) is 58.2 Å². The van der Waals surface area contributed by atoms with E-state index in [4.69, 9.17) is 15.7 Å². The number of pyridine rings is 1. The smallest absolute Gasteiger partial charge is 0.305 e. The number of nitro groups is 1. The lowest BCUT2D eigenvalue weighted by atomic mass is 10.3. The Morgan fingerprint density at radius 1 is 1.38 bits per heavy atom. The van der Waals surface area contributed by atoms with Crippen LogP contribution in [0.5, 0.6) is 11.5 Å². The summed E-state index contributed by atoms with van der Waals surface area (Å²) in [6, 6.07) is 5.98. The van der Waals surface area contributed by atoms with E-state index in [-0.39, 0.29) is 23.0 Å². The van der Waals surface area contributed by atoms with E-state index in [0.717, 1.165) is 12.1 Å². The second kappa shape index (κ2) is 5.82. The van der Waals surface area contributed by atoms with Gasteiger partial charge < -0.3 is 15.7 Å². The number of ether oxygens (including phenoxy) is 1. The first-order valence-electron chi connectivity index (χ1n) is 5.57. The van der Waals surface area contributed by atoms with Crippen LogP contribution in [0.3, 0.4) is 0 Å². The average Bonchev–Trinajstić information content (AvgIpc) is 2.46. The molecule has 0 bridgehead atoms. The van der Waals surface area contributed by atoms with Gasteiger partial charge in [0.05, 0.1) is 4.92 Å². The normalized spacial score (nSPS) is 11.2. The molecule has 0 spiro atoms. The number of nitro benzene ring substituents is 1. The lowest BCUT2D eigenvalue weighted by Crippen LogP contribution is -2.14. The molecule has 0 aliphatic rings. The zero-order valence-electron chi connectivity index (χ0n) is 10.4. The van der Waals surface area contributed by atoms with E-state index in [1.54, 1.807) is 0 Å². The number of aromatic nitrogens is 1.